The Labute approximate surface area is 147 Å². The van der Waals surface area contributed by atoms with Gasteiger partial charge < -0.3 is 14.5 Å². The van der Waals surface area contributed by atoms with Gasteiger partial charge in [0.15, 0.2) is 18.2 Å². The fourth-order valence-corrected chi connectivity index (χ4v) is 4.31. The summed E-state index contributed by atoms with van der Waals surface area (Å²) in [7, 11) is 0. The van der Waals surface area contributed by atoms with Crippen LogP contribution in [0.4, 0.5) is 4.39 Å². The van der Waals surface area contributed by atoms with Crippen molar-refractivity contribution < 1.29 is 18.7 Å². The second-order valence-corrected chi connectivity index (χ2v) is 7.10. The first kappa shape index (κ1) is 17.7. The van der Waals surface area contributed by atoms with E-state index in [4.69, 9.17) is 4.74 Å². The number of carbonyl (C=O) groups excluding carboxylic acids is 2. The van der Waals surface area contributed by atoms with Crippen molar-refractivity contribution in [2.45, 2.75) is 51.1 Å². The molecule has 2 saturated heterocycles. The van der Waals surface area contributed by atoms with Crippen LogP contribution < -0.4 is 4.74 Å². The van der Waals surface area contributed by atoms with Crippen molar-refractivity contribution in [1.82, 2.24) is 9.80 Å². The molecule has 2 amide bonds. The van der Waals surface area contributed by atoms with Gasteiger partial charge in [-0.25, -0.2) is 4.39 Å². The van der Waals surface area contributed by atoms with Crippen LogP contribution in [0.1, 0.15) is 39.5 Å². The van der Waals surface area contributed by atoms with Gasteiger partial charge in [0.05, 0.1) is 11.6 Å². The molecule has 0 N–H and O–H groups in total. The minimum Gasteiger partial charge on any atom is -0.481 e. The number of benzene rings is 1. The van der Waals surface area contributed by atoms with Crippen molar-refractivity contribution in [2.24, 2.45) is 0 Å². The number of halogens is 1. The maximum absolute atomic E-state index is 13.7. The first-order chi connectivity index (χ1) is 11.9. The zero-order valence-corrected chi connectivity index (χ0v) is 14.8. The Kier molecular flexibility index (Phi) is 4.97. The first-order valence-electron chi connectivity index (χ1n) is 8.88. The van der Waals surface area contributed by atoms with Gasteiger partial charge >= 0.3 is 0 Å². The van der Waals surface area contributed by atoms with Crippen molar-refractivity contribution in [3.63, 3.8) is 0 Å². The third kappa shape index (κ3) is 3.34. The molecule has 25 heavy (non-hydrogen) atoms. The van der Waals surface area contributed by atoms with Crippen LogP contribution in [0.3, 0.4) is 0 Å². The van der Waals surface area contributed by atoms with E-state index in [-0.39, 0.29) is 35.8 Å². The quantitative estimate of drug-likeness (QED) is 0.844. The van der Waals surface area contributed by atoms with Crippen molar-refractivity contribution in [3.05, 3.63) is 30.1 Å². The monoisotopic (exact) mass is 348 g/mol. The molecule has 2 aliphatic heterocycles. The number of ether oxygens (including phenoxy) is 1. The van der Waals surface area contributed by atoms with Crippen molar-refractivity contribution in [2.75, 3.05) is 19.7 Å². The van der Waals surface area contributed by atoms with Gasteiger partial charge in [-0.1, -0.05) is 12.1 Å². The summed E-state index contributed by atoms with van der Waals surface area (Å²) in [6, 6.07) is 6.13. The Morgan fingerprint density at radius 1 is 1.28 bits per heavy atom. The molecule has 136 valence electrons. The van der Waals surface area contributed by atoms with Crippen molar-refractivity contribution in [3.8, 4) is 5.75 Å². The number of nitrogens with zero attached hydrogens (tertiary/aromatic N) is 2. The van der Waals surface area contributed by atoms with E-state index in [9.17, 15) is 14.0 Å². The van der Waals surface area contributed by atoms with E-state index >= 15 is 0 Å². The van der Waals surface area contributed by atoms with Crippen molar-refractivity contribution >= 4 is 11.8 Å². The number of likely N-dealkylation sites (tertiary alicyclic amines) is 2. The van der Waals surface area contributed by atoms with Crippen LogP contribution in [0.25, 0.3) is 0 Å². The summed E-state index contributed by atoms with van der Waals surface area (Å²) < 4.78 is 19.1. The number of carbonyl (C=O) groups is 2. The molecule has 5 nitrogen and oxygen atoms in total. The normalized spacial score (nSPS) is 26.1. The molecule has 1 aromatic carbocycles. The molecule has 1 aromatic rings. The lowest BCUT2D eigenvalue weighted by molar-refractivity contribution is -0.156. The van der Waals surface area contributed by atoms with Gasteiger partial charge in [0.2, 0.25) is 5.91 Å². The molecular formula is C19H25FN2O3. The zero-order valence-electron chi connectivity index (χ0n) is 14.8. The van der Waals surface area contributed by atoms with E-state index in [1.165, 1.54) is 12.1 Å². The highest BCUT2D eigenvalue weighted by Crippen LogP contribution is 2.39. The summed E-state index contributed by atoms with van der Waals surface area (Å²) in [5, 5.41) is 0. The lowest BCUT2D eigenvalue weighted by Crippen LogP contribution is -2.68. The van der Waals surface area contributed by atoms with Gasteiger partial charge in [-0.2, -0.15) is 0 Å². The lowest BCUT2D eigenvalue weighted by atomic mass is 9.76. The fourth-order valence-electron chi connectivity index (χ4n) is 4.31. The Bertz CT molecular complexity index is 666. The smallest absolute Gasteiger partial charge is 0.261 e. The van der Waals surface area contributed by atoms with Gasteiger partial charge in [0.1, 0.15) is 0 Å². The largest absolute Gasteiger partial charge is 0.481 e. The van der Waals surface area contributed by atoms with Crippen LogP contribution in [-0.4, -0.2) is 52.9 Å². The van der Waals surface area contributed by atoms with E-state index in [2.05, 4.69) is 6.92 Å². The maximum atomic E-state index is 13.7. The number of piperidine rings is 2. The van der Waals surface area contributed by atoms with Gasteiger partial charge in [-0.3, -0.25) is 9.59 Å². The summed E-state index contributed by atoms with van der Waals surface area (Å²) in [6.07, 6.45) is 3.51. The first-order valence-corrected chi connectivity index (χ1v) is 8.88. The van der Waals surface area contributed by atoms with E-state index in [1.54, 1.807) is 19.1 Å². The molecule has 0 aliphatic carbocycles. The molecule has 2 aliphatic rings. The fraction of sp³-hybridized carbons (Fsp3) is 0.579. The molecule has 6 heteroatoms. The van der Waals surface area contributed by atoms with Crippen LogP contribution in [0, 0.1) is 5.82 Å². The van der Waals surface area contributed by atoms with E-state index in [1.807, 2.05) is 9.80 Å². The van der Waals surface area contributed by atoms with Crippen LogP contribution in [-0.2, 0) is 9.59 Å². The summed E-state index contributed by atoms with van der Waals surface area (Å²) in [5.74, 6) is -0.476. The molecule has 3 rings (SSSR count). The lowest BCUT2D eigenvalue weighted by Gasteiger charge is -2.56. The molecule has 2 atom stereocenters. The maximum Gasteiger partial charge on any atom is 0.261 e. The summed E-state index contributed by atoms with van der Waals surface area (Å²) in [4.78, 5) is 28.5. The highest BCUT2D eigenvalue weighted by molar-refractivity contribution is 5.79. The standard InChI is InChI=1S/C19H25FN2O3/c1-14(23)21-11-6-10-19(2)17(21)9-5-12-22(19)18(24)13-25-16-8-4-3-7-15(16)20/h3-4,7-8,17H,5-6,9-13H2,1-2H3/t17-,19-/m0/s1. The molecule has 2 heterocycles. The topological polar surface area (TPSA) is 49.9 Å². The highest BCUT2D eigenvalue weighted by atomic mass is 19.1. The summed E-state index contributed by atoms with van der Waals surface area (Å²) >= 11 is 0. The molecule has 2 fully saturated rings. The average molecular weight is 348 g/mol. The highest BCUT2D eigenvalue weighted by Gasteiger charge is 2.49. The zero-order chi connectivity index (χ0) is 18.0. The third-order valence-electron chi connectivity index (χ3n) is 5.55. The van der Waals surface area contributed by atoms with Crippen molar-refractivity contribution in [1.29, 1.82) is 0 Å². The molecule has 0 saturated carbocycles. The summed E-state index contributed by atoms with van der Waals surface area (Å²) in [6.45, 7) is 4.87. The van der Waals surface area contributed by atoms with Crippen LogP contribution in [0.5, 0.6) is 5.75 Å². The molecule has 0 spiro atoms. The van der Waals surface area contributed by atoms with E-state index in [0.29, 0.717) is 6.54 Å². The number of rotatable bonds is 3. The second kappa shape index (κ2) is 7.02. The van der Waals surface area contributed by atoms with E-state index in [0.717, 1.165) is 32.2 Å². The summed E-state index contributed by atoms with van der Waals surface area (Å²) in [5.41, 5.74) is -0.377. The number of hydrogen-bond donors (Lipinski definition) is 0. The Morgan fingerprint density at radius 3 is 2.76 bits per heavy atom. The number of amides is 2. The number of fused-ring (bicyclic) bond motifs is 1. The Balaban J connectivity index is 1.73. The number of para-hydroxylation sites is 1. The Hall–Kier alpha value is -2.11. The molecule has 0 unspecified atom stereocenters. The van der Waals surface area contributed by atoms with Gasteiger partial charge in [-0.15, -0.1) is 0 Å². The SMILES string of the molecule is CC(=O)N1CCC[C@@]2(C)[C@@H]1CCCN2C(=O)COc1ccccc1F. The molecule has 0 bridgehead atoms. The van der Waals surface area contributed by atoms with Gasteiger partial charge in [-0.05, 0) is 44.7 Å². The second-order valence-electron chi connectivity index (χ2n) is 7.10. The van der Waals surface area contributed by atoms with Crippen LogP contribution in [0.15, 0.2) is 24.3 Å². The predicted molar refractivity (Wildman–Crippen MR) is 91.7 cm³/mol. The Morgan fingerprint density at radius 2 is 2.04 bits per heavy atom. The van der Waals surface area contributed by atoms with Crippen LogP contribution >= 0.6 is 0 Å². The molecule has 0 radical (unpaired) electrons. The predicted octanol–water partition coefficient (Wildman–Crippen LogP) is 2.60. The third-order valence-corrected chi connectivity index (χ3v) is 5.55. The van der Waals surface area contributed by atoms with Gasteiger partial charge in [0.25, 0.3) is 5.91 Å². The van der Waals surface area contributed by atoms with Gasteiger partial charge in [0, 0.05) is 20.0 Å². The number of hydrogen-bond acceptors (Lipinski definition) is 3. The minimum atomic E-state index is -0.474. The van der Waals surface area contributed by atoms with Crippen LogP contribution in [0.2, 0.25) is 0 Å². The van der Waals surface area contributed by atoms with E-state index < -0.39 is 5.82 Å². The molecule has 0 aromatic heterocycles. The molecular weight excluding hydrogens is 323 g/mol. The minimum absolute atomic E-state index is 0.0462. The average Bonchev–Trinajstić information content (AvgIpc) is 2.59.